The van der Waals surface area contributed by atoms with E-state index in [2.05, 4.69) is 44.3 Å². The lowest BCUT2D eigenvalue weighted by Crippen LogP contribution is -1.93. The third-order valence-electron chi connectivity index (χ3n) is 4.71. The third-order valence-corrected chi connectivity index (χ3v) is 4.71. The molecule has 28 heavy (non-hydrogen) atoms. The normalized spacial score (nSPS) is 11.1. The minimum absolute atomic E-state index is 0.808. The summed E-state index contributed by atoms with van der Waals surface area (Å²) in [5.41, 5.74) is 5.74. The Labute approximate surface area is 162 Å². The first-order chi connectivity index (χ1) is 13.9. The molecule has 0 amide bonds. The van der Waals surface area contributed by atoms with E-state index in [4.69, 9.17) is 4.98 Å². The van der Waals surface area contributed by atoms with E-state index in [9.17, 15) is 0 Å². The second kappa shape index (κ2) is 7.08. The van der Waals surface area contributed by atoms with Crippen molar-refractivity contribution in [1.29, 1.82) is 0 Å². The molecule has 5 rings (SSSR count). The van der Waals surface area contributed by atoms with Crippen molar-refractivity contribution in [2.24, 2.45) is 0 Å². The number of aromatic nitrogens is 6. The highest BCUT2D eigenvalue weighted by molar-refractivity contribution is 5.76. The maximum atomic E-state index is 4.91. The van der Waals surface area contributed by atoms with Crippen LogP contribution in [0.3, 0.4) is 0 Å². The fraction of sp³-hybridized carbons (Fsp3) is 0.0909. The zero-order chi connectivity index (χ0) is 18.8. The molecular formula is C22H18N6. The van der Waals surface area contributed by atoms with Gasteiger partial charge in [-0.05, 0) is 36.2 Å². The Hall–Kier alpha value is -3.80. The fourth-order valence-electron chi connectivity index (χ4n) is 3.31. The molecule has 1 N–H and O–H groups in total. The summed E-state index contributed by atoms with van der Waals surface area (Å²) in [4.78, 5) is 17.1. The molecule has 4 aromatic heterocycles. The van der Waals surface area contributed by atoms with Crippen molar-refractivity contribution in [3.63, 3.8) is 0 Å². The summed E-state index contributed by atoms with van der Waals surface area (Å²) in [6, 6.07) is 20.3. The highest BCUT2D eigenvalue weighted by Crippen LogP contribution is 2.29. The Morgan fingerprint density at radius 2 is 1.75 bits per heavy atom. The van der Waals surface area contributed by atoms with Gasteiger partial charge in [0, 0.05) is 24.4 Å². The lowest BCUT2D eigenvalue weighted by atomic mass is 10.1. The van der Waals surface area contributed by atoms with Crippen LogP contribution in [0.1, 0.15) is 11.4 Å². The standard InChI is InChI=1S/C22H18N6/c1-2-6-16(7-3-1)9-11-19-26-21(22(27-19)18-8-4-5-13-23-18)17-10-12-20-24-15-25-28(20)14-17/h1-8,10,12-15H,9,11H2,(H,26,27). The van der Waals surface area contributed by atoms with Gasteiger partial charge in [0.2, 0.25) is 0 Å². The van der Waals surface area contributed by atoms with Crippen molar-refractivity contribution in [2.45, 2.75) is 12.8 Å². The first-order valence-electron chi connectivity index (χ1n) is 9.21. The molecule has 0 unspecified atom stereocenters. The summed E-state index contributed by atoms with van der Waals surface area (Å²) >= 11 is 0. The number of hydrogen-bond acceptors (Lipinski definition) is 4. The van der Waals surface area contributed by atoms with Gasteiger partial charge in [0.15, 0.2) is 5.65 Å². The molecule has 0 radical (unpaired) electrons. The van der Waals surface area contributed by atoms with Gasteiger partial charge < -0.3 is 4.98 Å². The van der Waals surface area contributed by atoms with Gasteiger partial charge in [-0.25, -0.2) is 14.5 Å². The van der Waals surface area contributed by atoms with Gasteiger partial charge in [0.1, 0.15) is 12.2 Å². The Balaban J connectivity index is 1.55. The van der Waals surface area contributed by atoms with Crippen LogP contribution in [-0.4, -0.2) is 29.5 Å². The predicted molar refractivity (Wildman–Crippen MR) is 108 cm³/mol. The quantitative estimate of drug-likeness (QED) is 0.511. The largest absolute Gasteiger partial charge is 0.340 e. The van der Waals surface area contributed by atoms with Crippen molar-refractivity contribution in [3.05, 3.63) is 90.8 Å². The van der Waals surface area contributed by atoms with Crippen LogP contribution in [0.5, 0.6) is 0 Å². The second-order valence-electron chi connectivity index (χ2n) is 6.59. The average Bonchev–Trinajstić information content (AvgIpc) is 3.40. The Morgan fingerprint density at radius 1 is 0.857 bits per heavy atom. The Bertz CT molecular complexity index is 1210. The number of aromatic amines is 1. The highest BCUT2D eigenvalue weighted by Gasteiger charge is 2.16. The van der Waals surface area contributed by atoms with Gasteiger partial charge in [-0.15, -0.1) is 0 Å². The minimum atomic E-state index is 0.808. The number of fused-ring (bicyclic) bond motifs is 1. The number of hydrogen-bond donors (Lipinski definition) is 1. The number of nitrogens with zero attached hydrogens (tertiary/aromatic N) is 5. The van der Waals surface area contributed by atoms with Crippen molar-refractivity contribution in [2.75, 3.05) is 0 Å². The number of pyridine rings is 2. The van der Waals surface area contributed by atoms with E-state index in [0.29, 0.717) is 0 Å². The Morgan fingerprint density at radius 3 is 2.61 bits per heavy atom. The molecule has 4 heterocycles. The van der Waals surface area contributed by atoms with Crippen LogP contribution in [0.25, 0.3) is 28.3 Å². The van der Waals surface area contributed by atoms with E-state index >= 15 is 0 Å². The van der Waals surface area contributed by atoms with Gasteiger partial charge in [-0.1, -0.05) is 36.4 Å². The summed E-state index contributed by atoms with van der Waals surface area (Å²) in [6.45, 7) is 0. The molecule has 0 aliphatic heterocycles. The number of rotatable bonds is 5. The maximum Gasteiger partial charge on any atom is 0.155 e. The van der Waals surface area contributed by atoms with Crippen LogP contribution < -0.4 is 0 Å². The first-order valence-corrected chi connectivity index (χ1v) is 9.21. The average molecular weight is 366 g/mol. The van der Waals surface area contributed by atoms with Crippen LogP contribution in [0.4, 0.5) is 0 Å². The van der Waals surface area contributed by atoms with Crippen molar-refractivity contribution < 1.29 is 0 Å². The maximum absolute atomic E-state index is 4.91. The topological polar surface area (TPSA) is 71.8 Å². The molecular weight excluding hydrogens is 348 g/mol. The molecule has 0 bridgehead atoms. The van der Waals surface area contributed by atoms with Crippen molar-refractivity contribution in [1.82, 2.24) is 29.5 Å². The lowest BCUT2D eigenvalue weighted by Gasteiger charge is -2.02. The molecule has 0 fully saturated rings. The number of aryl methyl sites for hydroxylation is 2. The molecule has 6 heteroatoms. The summed E-state index contributed by atoms with van der Waals surface area (Å²) in [5.74, 6) is 0.943. The van der Waals surface area contributed by atoms with Crippen molar-refractivity contribution in [3.8, 4) is 22.6 Å². The molecule has 136 valence electrons. The predicted octanol–water partition coefficient (Wildman–Crippen LogP) is 3.97. The van der Waals surface area contributed by atoms with E-state index in [1.165, 1.54) is 5.56 Å². The van der Waals surface area contributed by atoms with Crippen molar-refractivity contribution >= 4 is 5.65 Å². The molecule has 0 spiro atoms. The number of imidazole rings is 1. The zero-order valence-corrected chi connectivity index (χ0v) is 15.2. The summed E-state index contributed by atoms with van der Waals surface area (Å²) < 4.78 is 1.76. The lowest BCUT2D eigenvalue weighted by molar-refractivity contribution is 0.885. The number of benzene rings is 1. The van der Waals surface area contributed by atoms with Crippen LogP contribution >= 0.6 is 0 Å². The van der Waals surface area contributed by atoms with Gasteiger partial charge >= 0.3 is 0 Å². The summed E-state index contributed by atoms with van der Waals surface area (Å²) in [6.07, 6.45) is 7.05. The number of H-pyrrole nitrogens is 1. The van der Waals surface area contributed by atoms with Crippen LogP contribution in [0.2, 0.25) is 0 Å². The fourth-order valence-corrected chi connectivity index (χ4v) is 3.31. The monoisotopic (exact) mass is 366 g/mol. The number of nitrogens with one attached hydrogen (secondary N) is 1. The Kier molecular flexibility index (Phi) is 4.14. The van der Waals surface area contributed by atoms with E-state index in [1.807, 2.05) is 42.6 Å². The molecule has 6 nitrogen and oxygen atoms in total. The molecule has 0 atom stereocenters. The van der Waals surface area contributed by atoms with E-state index in [1.54, 1.807) is 17.0 Å². The molecule has 0 saturated heterocycles. The van der Waals surface area contributed by atoms with Crippen LogP contribution in [0.15, 0.2) is 79.4 Å². The van der Waals surface area contributed by atoms with Gasteiger partial charge in [-0.3, -0.25) is 4.98 Å². The van der Waals surface area contributed by atoms with Gasteiger partial charge in [0.25, 0.3) is 0 Å². The zero-order valence-electron chi connectivity index (χ0n) is 15.2. The van der Waals surface area contributed by atoms with Gasteiger partial charge in [-0.2, -0.15) is 5.10 Å². The first kappa shape index (κ1) is 16.4. The molecule has 0 aliphatic rings. The highest BCUT2D eigenvalue weighted by atomic mass is 15.3. The molecule has 0 saturated carbocycles. The second-order valence-corrected chi connectivity index (χ2v) is 6.59. The van der Waals surface area contributed by atoms with Crippen LogP contribution in [-0.2, 0) is 12.8 Å². The van der Waals surface area contributed by atoms with E-state index < -0.39 is 0 Å². The summed E-state index contributed by atoms with van der Waals surface area (Å²) in [5, 5.41) is 4.24. The van der Waals surface area contributed by atoms with E-state index in [-0.39, 0.29) is 0 Å². The summed E-state index contributed by atoms with van der Waals surface area (Å²) in [7, 11) is 0. The minimum Gasteiger partial charge on any atom is -0.340 e. The molecule has 5 aromatic rings. The van der Waals surface area contributed by atoms with Crippen LogP contribution in [0, 0.1) is 0 Å². The SMILES string of the molecule is c1ccc(CCc2nc(-c3ccc4ncnn4c3)c(-c3ccccn3)[nH]2)cc1. The smallest absolute Gasteiger partial charge is 0.155 e. The third kappa shape index (κ3) is 3.16. The molecule has 0 aliphatic carbocycles. The molecule has 1 aromatic carbocycles. The van der Waals surface area contributed by atoms with E-state index in [0.717, 1.165) is 47.0 Å². The van der Waals surface area contributed by atoms with Gasteiger partial charge in [0.05, 0.1) is 17.1 Å².